The molecule has 0 aromatic heterocycles. The number of carbonyl (C=O) groups is 1. The molecule has 30 heavy (non-hydrogen) atoms. The molecule has 0 spiro atoms. The van der Waals surface area contributed by atoms with Gasteiger partial charge in [0, 0.05) is 26.7 Å². The minimum atomic E-state index is -0.120. The van der Waals surface area contributed by atoms with Crippen LogP contribution in [-0.4, -0.2) is 44.1 Å². The van der Waals surface area contributed by atoms with Crippen molar-refractivity contribution in [2.75, 3.05) is 27.2 Å². The van der Waals surface area contributed by atoms with Crippen LogP contribution in [0.15, 0.2) is 53.5 Å². The number of aliphatic imine (C=N–C) groups is 1. The maximum atomic E-state index is 11.7. The van der Waals surface area contributed by atoms with Crippen LogP contribution in [0.1, 0.15) is 24.0 Å². The molecule has 1 fully saturated rings. The van der Waals surface area contributed by atoms with Gasteiger partial charge in [-0.3, -0.25) is 9.79 Å². The van der Waals surface area contributed by atoms with Gasteiger partial charge in [-0.25, -0.2) is 0 Å². The van der Waals surface area contributed by atoms with Crippen molar-refractivity contribution in [2.45, 2.75) is 26.0 Å². The van der Waals surface area contributed by atoms with Gasteiger partial charge in [-0.15, -0.1) is 0 Å². The van der Waals surface area contributed by atoms with Gasteiger partial charge >= 0.3 is 5.97 Å². The van der Waals surface area contributed by atoms with Gasteiger partial charge in [0.15, 0.2) is 5.96 Å². The molecule has 0 saturated carbocycles. The first-order valence-electron chi connectivity index (χ1n) is 10.1. The van der Waals surface area contributed by atoms with Crippen LogP contribution >= 0.6 is 11.6 Å². The summed E-state index contributed by atoms with van der Waals surface area (Å²) in [5, 5.41) is 4.04. The third-order valence-corrected chi connectivity index (χ3v) is 5.63. The number of rotatable bonds is 6. The van der Waals surface area contributed by atoms with E-state index in [0.29, 0.717) is 23.9 Å². The number of hydrogen-bond acceptors (Lipinski definition) is 4. The summed E-state index contributed by atoms with van der Waals surface area (Å²) in [6.07, 6.45) is 1.55. The Morgan fingerprint density at radius 3 is 2.47 bits per heavy atom. The fraction of sp³-hybridized carbons (Fsp3) is 0.391. The lowest BCUT2D eigenvalue weighted by molar-refractivity contribution is -0.146. The highest BCUT2D eigenvalue weighted by atomic mass is 35.5. The second-order valence-corrected chi connectivity index (χ2v) is 7.58. The average Bonchev–Trinajstić information content (AvgIpc) is 2.79. The van der Waals surface area contributed by atoms with Crippen molar-refractivity contribution >= 4 is 23.5 Å². The number of methoxy groups -OCH3 is 1. The van der Waals surface area contributed by atoms with E-state index in [9.17, 15) is 4.79 Å². The fourth-order valence-corrected chi connectivity index (χ4v) is 3.78. The number of benzene rings is 2. The summed E-state index contributed by atoms with van der Waals surface area (Å²) in [4.78, 5) is 18.3. The zero-order chi connectivity index (χ0) is 21.3. The smallest absolute Gasteiger partial charge is 0.308 e. The topological polar surface area (TPSA) is 63.2 Å². The number of ether oxygens (including phenoxy) is 2. The van der Waals surface area contributed by atoms with E-state index in [4.69, 9.17) is 21.1 Å². The lowest BCUT2D eigenvalue weighted by Gasteiger charge is -2.33. The molecule has 0 unspecified atom stereocenters. The summed E-state index contributed by atoms with van der Waals surface area (Å²) in [5.74, 6) is 1.36. The maximum Gasteiger partial charge on any atom is 0.308 e. The summed E-state index contributed by atoms with van der Waals surface area (Å²) >= 11 is 6.19. The van der Waals surface area contributed by atoms with E-state index >= 15 is 0 Å². The van der Waals surface area contributed by atoms with Crippen LogP contribution in [0.25, 0.3) is 0 Å². The summed E-state index contributed by atoms with van der Waals surface area (Å²) in [7, 11) is 3.23. The molecule has 2 aromatic carbocycles. The van der Waals surface area contributed by atoms with E-state index in [1.165, 1.54) is 7.11 Å². The molecule has 0 amide bonds. The van der Waals surface area contributed by atoms with E-state index in [-0.39, 0.29) is 11.9 Å². The van der Waals surface area contributed by atoms with Gasteiger partial charge in [-0.1, -0.05) is 48.0 Å². The lowest BCUT2D eigenvalue weighted by atomic mass is 9.97. The van der Waals surface area contributed by atoms with Crippen LogP contribution in [0, 0.1) is 5.92 Å². The van der Waals surface area contributed by atoms with E-state index in [1.807, 2.05) is 36.4 Å². The predicted octanol–water partition coefficient (Wildman–Crippen LogP) is 3.88. The van der Waals surface area contributed by atoms with Crippen LogP contribution in [0.5, 0.6) is 5.75 Å². The van der Waals surface area contributed by atoms with Crippen molar-refractivity contribution < 1.29 is 14.3 Å². The van der Waals surface area contributed by atoms with Gasteiger partial charge in [-0.2, -0.15) is 0 Å². The van der Waals surface area contributed by atoms with Crippen LogP contribution in [0.3, 0.4) is 0 Å². The highest BCUT2D eigenvalue weighted by Crippen LogP contribution is 2.24. The Morgan fingerprint density at radius 1 is 1.13 bits per heavy atom. The third kappa shape index (κ3) is 5.66. The SMILES string of the molecule is CN=C(NCc1ccccc1COc1ccccc1Cl)N1CCC(C(=O)OC)CC1. The minimum Gasteiger partial charge on any atom is -0.487 e. The molecule has 1 saturated heterocycles. The van der Waals surface area contributed by atoms with Gasteiger partial charge in [0.25, 0.3) is 0 Å². The van der Waals surface area contributed by atoms with Gasteiger partial charge in [0.05, 0.1) is 18.1 Å². The largest absolute Gasteiger partial charge is 0.487 e. The minimum absolute atomic E-state index is 0.0213. The number of piperidine rings is 1. The molecular formula is C23H28ClN3O3. The molecule has 1 heterocycles. The van der Waals surface area contributed by atoms with Crippen molar-refractivity contribution in [1.29, 1.82) is 0 Å². The monoisotopic (exact) mass is 429 g/mol. The van der Waals surface area contributed by atoms with E-state index < -0.39 is 0 Å². The number of carbonyl (C=O) groups excluding carboxylic acids is 1. The van der Waals surface area contributed by atoms with E-state index in [0.717, 1.165) is 43.0 Å². The molecule has 1 aliphatic heterocycles. The average molecular weight is 430 g/mol. The molecular weight excluding hydrogens is 402 g/mol. The van der Waals surface area contributed by atoms with E-state index in [1.54, 1.807) is 7.05 Å². The summed E-state index contributed by atoms with van der Waals surface area (Å²) in [5.41, 5.74) is 2.22. The molecule has 3 rings (SSSR count). The van der Waals surface area contributed by atoms with Crippen LogP contribution in [0.4, 0.5) is 0 Å². The van der Waals surface area contributed by atoms with Crippen molar-refractivity contribution in [3.63, 3.8) is 0 Å². The first kappa shape index (κ1) is 22.0. The van der Waals surface area contributed by atoms with E-state index in [2.05, 4.69) is 27.3 Å². The van der Waals surface area contributed by atoms with Gasteiger partial charge < -0.3 is 19.7 Å². The molecule has 6 nitrogen and oxygen atoms in total. The molecule has 0 aliphatic carbocycles. The summed E-state index contributed by atoms with van der Waals surface area (Å²) in [6, 6.07) is 15.6. The standard InChI is InChI=1S/C23H28ClN3O3/c1-25-23(27-13-11-17(12-14-27)22(28)29-2)26-15-18-7-3-4-8-19(18)16-30-21-10-6-5-9-20(21)24/h3-10,17H,11-16H2,1-2H3,(H,25,26). The highest BCUT2D eigenvalue weighted by molar-refractivity contribution is 6.32. The van der Waals surface area contributed by atoms with Crippen molar-refractivity contribution in [2.24, 2.45) is 10.9 Å². The molecule has 0 bridgehead atoms. The number of para-hydroxylation sites is 1. The Hall–Kier alpha value is -2.73. The first-order chi connectivity index (χ1) is 14.6. The third-order valence-electron chi connectivity index (χ3n) is 5.32. The zero-order valence-electron chi connectivity index (χ0n) is 17.4. The normalized spacial score (nSPS) is 15.0. The van der Waals surface area contributed by atoms with Crippen LogP contribution in [-0.2, 0) is 22.7 Å². The first-order valence-corrected chi connectivity index (χ1v) is 10.5. The Morgan fingerprint density at radius 2 is 1.80 bits per heavy atom. The fourth-order valence-electron chi connectivity index (χ4n) is 3.59. The molecule has 0 radical (unpaired) electrons. The van der Waals surface area contributed by atoms with Crippen molar-refractivity contribution in [3.8, 4) is 5.75 Å². The van der Waals surface area contributed by atoms with Crippen molar-refractivity contribution in [1.82, 2.24) is 10.2 Å². The van der Waals surface area contributed by atoms with Gasteiger partial charge in [-0.05, 0) is 36.1 Å². The summed E-state index contributed by atoms with van der Waals surface area (Å²) in [6.45, 7) is 2.61. The highest BCUT2D eigenvalue weighted by Gasteiger charge is 2.26. The lowest BCUT2D eigenvalue weighted by Crippen LogP contribution is -2.46. The number of guanidine groups is 1. The zero-order valence-corrected chi connectivity index (χ0v) is 18.2. The molecule has 7 heteroatoms. The van der Waals surface area contributed by atoms with Crippen LogP contribution in [0.2, 0.25) is 5.02 Å². The number of halogens is 1. The Balaban J connectivity index is 1.57. The van der Waals surface area contributed by atoms with Gasteiger partial charge in [0.2, 0.25) is 0 Å². The second kappa shape index (κ2) is 10.9. The second-order valence-electron chi connectivity index (χ2n) is 7.17. The Bertz CT molecular complexity index is 880. The van der Waals surface area contributed by atoms with Crippen LogP contribution < -0.4 is 10.1 Å². The molecule has 160 valence electrons. The number of hydrogen-bond donors (Lipinski definition) is 1. The summed E-state index contributed by atoms with van der Waals surface area (Å²) < 4.78 is 10.8. The Labute approximate surface area is 182 Å². The predicted molar refractivity (Wildman–Crippen MR) is 119 cm³/mol. The quantitative estimate of drug-likeness (QED) is 0.429. The molecule has 1 N–H and O–H groups in total. The maximum absolute atomic E-state index is 11.7. The van der Waals surface area contributed by atoms with Crippen molar-refractivity contribution in [3.05, 3.63) is 64.7 Å². The Kier molecular flexibility index (Phi) is 7.97. The van der Waals surface area contributed by atoms with Gasteiger partial charge in [0.1, 0.15) is 12.4 Å². The number of esters is 1. The number of nitrogens with one attached hydrogen (secondary N) is 1. The molecule has 2 aromatic rings. The number of nitrogens with zero attached hydrogens (tertiary/aromatic N) is 2. The molecule has 1 aliphatic rings. The molecule has 0 atom stereocenters. The number of likely N-dealkylation sites (tertiary alicyclic amines) is 1.